The molecule has 0 radical (unpaired) electrons. The van der Waals surface area contributed by atoms with Crippen molar-refractivity contribution in [1.82, 2.24) is 10.3 Å². The standard InChI is InChI=1S/C22H25ClF2N4O4S/c1-4-33-17-9-21(17,2)20(26)29-22(3,11-34(31)32)14-8-13(5-6-15(14)24)28-19(30)18-16(25)7-12(23)10-27-18/h5-8,10,17,34H,4,9,11H2,1-3H3,(H2,26,29)(H,28,30)/t17?,21-,22+/m1/s1. The van der Waals surface area contributed by atoms with Crippen molar-refractivity contribution >= 4 is 39.7 Å². The molecule has 0 spiro atoms. The molecule has 3 N–H and O–H groups in total. The number of pyridine rings is 1. The minimum Gasteiger partial charge on any atom is -0.377 e. The van der Waals surface area contributed by atoms with Gasteiger partial charge in [0, 0.05) is 24.1 Å². The van der Waals surface area contributed by atoms with Gasteiger partial charge in [-0.25, -0.2) is 22.2 Å². The number of hydrogen-bond acceptors (Lipinski definition) is 6. The van der Waals surface area contributed by atoms with Crippen LogP contribution in [-0.4, -0.2) is 43.6 Å². The van der Waals surface area contributed by atoms with E-state index >= 15 is 0 Å². The zero-order chi connectivity index (χ0) is 25.3. The Balaban J connectivity index is 1.90. The minimum absolute atomic E-state index is 0.0186. The predicted octanol–water partition coefficient (Wildman–Crippen LogP) is 3.47. The maximum atomic E-state index is 14.9. The largest absolute Gasteiger partial charge is 0.377 e. The number of nitrogens with zero attached hydrogens (tertiary/aromatic N) is 1. The number of rotatable bonds is 9. The molecular formula is C22H25ClF2N4O4S. The number of amides is 1. The maximum absolute atomic E-state index is 14.9. The van der Waals surface area contributed by atoms with Crippen LogP contribution in [0, 0.1) is 22.5 Å². The number of benzene rings is 1. The van der Waals surface area contributed by atoms with Crippen LogP contribution in [0.4, 0.5) is 14.5 Å². The highest BCUT2D eigenvalue weighted by Crippen LogP contribution is 2.49. The zero-order valence-corrected chi connectivity index (χ0v) is 20.4. The Labute approximate surface area is 202 Å². The molecule has 34 heavy (non-hydrogen) atoms. The fraction of sp³-hybridized carbons (Fsp3) is 0.409. The molecule has 1 aromatic heterocycles. The Morgan fingerprint density at radius 1 is 1.35 bits per heavy atom. The van der Waals surface area contributed by atoms with E-state index < -0.39 is 50.6 Å². The molecule has 1 aliphatic carbocycles. The summed E-state index contributed by atoms with van der Waals surface area (Å²) in [6.07, 6.45) is 1.49. The third kappa shape index (κ3) is 5.53. The van der Waals surface area contributed by atoms with Crippen molar-refractivity contribution in [3.05, 3.63) is 58.4 Å². The van der Waals surface area contributed by atoms with Gasteiger partial charge in [0.2, 0.25) is 0 Å². The normalized spacial score (nSPS) is 21.1. The van der Waals surface area contributed by atoms with Gasteiger partial charge in [-0.1, -0.05) is 11.6 Å². The van der Waals surface area contributed by atoms with E-state index in [4.69, 9.17) is 21.7 Å². The molecule has 184 valence electrons. The quantitative estimate of drug-likeness (QED) is 0.231. The topological polar surface area (TPSA) is 121 Å². The first-order valence-electron chi connectivity index (χ1n) is 10.4. The van der Waals surface area contributed by atoms with Crippen LogP contribution in [0.3, 0.4) is 0 Å². The van der Waals surface area contributed by atoms with Crippen LogP contribution in [0.15, 0.2) is 30.5 Å². The number of anilines is 1. The summed E-state index contributed by atoms with van der Waals surface area (Å²) in [7, 11) is -2.97. The number of amidine groups is 1. The lowest BCUT2D eigenvalue weighted by atomic mass is 9.91. The van der Waals surface area contributed by atoms with E-state index in [2.05, 4.69) is 15.6 Å². The summed E-state index contributed by atoms with van der Waals surface area (Å²) >= 11 is 5.66. The van der Waals surface area contributed by atoms with Gasteiger partial charge in [0.25, 0.3) is 5.91 Å². The molecule has 1 unspecified atom stereocenters. The summed E-state index contributed by atoms with van der Waals surface area (Å²) in [4.78, 5) is 16.1. The first-order valence-corrected chi connectivity index (χ1v) is 12.2. The molecule has 0 aliphatic heterocycles. The smallest absolute Gasteiger partial charge is 0.277 e. The van der Waals surface area contributed by atoms with Crippen LogP contribution < -0.4 is 10.6 Å². The Morgan fingerprint density at radius 2 is 2.06 bits per heavy atom. The monoisotopic (exact) mass is 514 g/mol. The van der Waals surface area contributed by atoms with Crippen LogP contribution in [0.2, 0.25) is 5.02 Å². The fourth-order valence-electron chi connectivity index (χ4n) is 3.70. The predicted molar refractivity (Wildman–Crippen MR) is 125 cm³/mol. The molecule has 1 amide bonds. The summed E-state index contributed by atoms with van der Waals surface area (Å²) < 4.78 is 57.9. The van der Waals surface area contributed by atoms with Crippen molar-refractivity contribution < 1.29 is 26.7 Å². The van der Waals surface area contributed by atoms with Crippen LogP contribution in [0.5, 0.6) is 0 Å². The van der Waals surface area contributed by atoms with Gasteiger partial charge < -0.3 is 15.4 Å². The van der Waals surface area contributed by atoms with Crippen molar-refractivity contribution in [3.8, 4) is 0 Å². The molecule has 0 bridgehead atoms. The fourth-order valence-corrected chi connectivity index (χ4v) is 4.61. The first-order chi connectivity index (χ1) is 15.9. The number of thiol groups is 1. The molecule has 8 nitrogen and oxygen atoms in total. The second-order valence-electron chi connectivity index (χ2n) is 8.52. The SMILES string of the molecule is CCOC1C[C@@]1(C)C(=N)N[C@@](C)(C[SH](=O)=O)c1cc(NC(=O)c2ncc(Cl)cc2F)ccc1F. The molecule has 3 rings (SSSR count). The van der Waals surface area contributed by atoms with Crippen molar-refractivity contribution in [2.24, 2.45) is 5.41 Å². The van der Waals surface area contributed by atoms with E-state index in [9.17, 15) is 22.0 Å². The summed E-state index contributed by atoms with van der Waals surface area (Å²) in [5.74, 6) is -3.06. The van der Waals surface area contributed by atoms with Crippen molar-refractivity contribution in [2.45, 2.75) is 38.8 Å². The molecule has 0 saturated heterocycles. The van der Waals surface area contributed by atoms with E-state index in [1.165, 1.54) is 19.1 Å². The van der Waals surface area contributed by atoms with Crippen molar-refractivity contribution in [3.63, 3.8) is 0 Å². The van der Waals surface area contributed by atoms with Gasteiger partial charge in [-0.3, -0.25) is 10.2 Å². The van der Waals surface area contributed by atoms with Crippen LogP contribution >= 0.6 is 11.6 Å². The average Bonchev–Trinajstić information content (AvgIpc) is 3.39. The number of halogens is 3. The lowest BCUT2D eigenvalue weighted by Crippen LogP contribution is -2.50. The van der Waals surface area contributed by atoms with Gasteiger partial charge in [0.1, 0.15) is 22.4 Å². The van der Waals surface area contributed by atoms with Gasteiger partial charge in [-0.15, -0.1) is 0 Å². The molecule has 3 atom stereocenters. The van der Waals surface area contributed by atoms with Gasteiger partial charge in [0.05, 0.1) is 27.8 Å². The van der Waals surface area contributed by atoms with E-state index in [0.717, 1.165) is 18.3 Å². The number of nitrogens with one attached hydrogen (secondary N) is 3. The van der Waals surface area contributed by atoms with E-state index in [-0.39, 0.29) is 28.2 Å². The molecule has 1 fully saturated rings. The number of carbonyl (C=O) groups excluding carboxylic acids is 1. The van der Waals surface area contributed by atoms with Crippen LogP contribution in [-0.2, 0) is 21.0 Å². The molecule has 1 aromatic carbocycles. The Morgan fingerprint density at radius 3 is 2.68 bits per heavy atom. The first kappa shape index (κ1) is 26.0. The summed E-state index contributed by atoms with van der Waals surface area (Å²) in [5, 5.41) is 13.8. The average molecular weight is 515 g/mol. The summed E-state index contributed by atoms with van der Waals surface area (Å²) in [5.41, 5.74) is -2.68. The van der Waals surface area contributed by atoms with Gasteiger partial charge in [-0.2, -0.15) is 0 Å². The molecule has 1 aliphatic rings. The number of carbonyl (C=O) groups is 1. The maximum Gasteiger partial charge on any atom is 0.277 e. The summed E-state index contributed by atoms with van der Waals surface area (Å²) in [6.45, 7) is 5.57. The lowest BCUT2D eigenvalue weighted by molar-refractivity contribution is 0.101. The molecule has 2 aromatic rings. The van der Waals surface area contributed by atoms with Crippen LogP contribution in [0.1, 0.15) is 43.2 Å². The second kappa shape index (κ2) is 9.93. The Bertz CT molecular complexity index is 1200. The van der Waals surface area contributed by atoms with E-state index in [0.29, 0.717) is 13.0 Å². The van der Waals surface area contributed by atoms with Gasteiger partial charge in [0.15, 0.2) is 11.5 Å². The molecule has 1 saturated carbocycles. The third-order valence-electron chi connectivity index (χ3n) is 5.79. The molecule has 12 heteroatoms. The number of ether oxygens (including phenoxy) is 1. The highest BCUT2D eigenvalue weighted by Gasteiger charge is 2.56. The molecule has 1 heterocycles. The Hall–Kier alpha value is -2.63. The van der Waals surface area contributed by atoms with Gasteiger partial charge >= 0.3 is 0 Å². The zero-order valence-electron chi connectivity index (χ0n) is 18.7. The van der Waals surface area contributed by atoms with E-state index in [1.54, 1.807) is 6.92 Å². The molecular weight excluding hydrogens is 490 g/mol. The number of aromatic nitrogens is 1. The van der Waals surface area contributed by atoms with E-state index in [1.807, 2.05) is 6.92 Å². The van der Waals surface area contributed by atoms with Gasteiger partial charge in [-0.05, 0) is 51.5 Å². The third-order valence-corrected chi connectivity index (χ3v) is 6.88. The lowest BCUT2D eigenvalue weighted by Gasteiger charge is -2.33. The summed E-state index contributed by atoms with van der Waals surface area (Å²) in [6, 6.07) is 4.49. The number of hydrogen-bond donors (Lipinski definition) is 4. The minimum atomic E-state index is -2.97. The van der Waals surface area contributed by atoms with Crippen molar-refractivity contribution in [1.29, 1.82) is 5.41 Å². The highest BCUT2D eigenvalue weighted by molar-refractivity contribution is 7.72. The Kier molecular flexibility index (Phi) is 7.59. The van der Waals surface area contributed by atoms with Crippen LogP contribution in [0.25, 0.3) is 0 Å². The highest BCUT2D eigenvalue weighted by atomic mass is 35.5. The second-order valence-corrected chi connectivity index (χ2v) is 9.94. The van der Waals surface area contributed by atoms with Crippen molar-refractivity contribution in [2.75, 3.05) is 17.7 Å².